The smallest absolute Gasteiger partial charge is 0.322 e. The molecular formula is C17H20N4O3S. The van der Waals surface area contributed by atoms with Crippen molar-refractivity contribution >= 4 is 28.5 Å². The summed E-state index contributed by atoms with van der Waals surface area (Å²) in [6.45, 7) is 3.99. The number of nitrogens with zero attached hydrogens (tertiary/aromatic N) is 2. The Morgan fingerprint density at radius 3 is 2.76 bits per heavy atom. The number of carbonyl (C=O) groups excluding carboxylic acids is 2. The summed E-state index contributed by atoms with van der Waals surface area (Å²) in [5.74, 6) is -0.136. The van der Waals surface area contributed by atoms with Gasteiger partial charge in [0.05, 0.1) is 12.2 Å². The van der Waals surface area contributed by atoms with Gasteiger partial charge in [0.15, 0.2) is 0 Å². The quantitative estimate of drug-likeness (QED) is 0.827. The van der Waals surface area contributed by atoms with Crippen molar-refractivity contribution < 1.29 is 14.3 Å². The topological polar surface area (TPSA) is 97.6 Å². The van der Waals surface area contributed by atoms with Crippen LogP contribution in [0.15, 0.2) is 24.3 Å². The largest absolute Gasteiger partial charge is 0.477 e. The molecule has 0 aliphatic carbocycles. The van der Waals surface area contributed by atoms with E-state index in [1.807, 2.05) is 13.0 Å². The summed E-state index contributed by atoms with van der Waals surface area (Å²) < 4.78 is 10.0. The molecular weight excluding hydrogens is 340 g/mol. The number of urea groups is 1. The third-order valence-electron chi connectivity index (χ3n) is 3.93. The molecule has 7 nitrogen and oxygen atoms in total. The summed E-state index contributed by atoms with van der Waals surface area (Å²) in [6.07, 6.45) is 1.84. The number of carbonyl (C=O) groups is 2. The van der Waals surface area contributed by atoms with Crippen molar-refractivity contribution in [2.24, 2.45) is 5.73 Å². The zero-order valence-corrected chi connectivity index (χ0v) is 14.8. The molecule has 3 rings (SSSR count). The predicted molar refractivity (Wildman–Crippen MR) is 97.1 cm³/mol. The Morgan fingerprint density at radius 1 is 1.36 bits per heavy atom. The van der Waals surface area contributed by atoms with E-state index in [-0.39, 0.29) is 6.03 Å². The molecule has 0 radical (unpaired) electrons. The lowest BCUT2D eigenvalue weighted by Gasteiger charge is -2.30. The van der Waals surface area contributed by atoms with E-state index in [1.165, 1.54) is 0 Å². The fourth-order valence-electron chi connectivity index (χ4n) is 2.51. The maximum absolute atomic E-state index is 12.3. The SMILES string of the molecule is CCCOc1nsc(NC(=O)N2CCC2)c1-c1ccccc1C(N)=O. The summed E-state index contributed by atoms with van der Waals surface area (Å²) in [7, 11) is 0. The highest BCUT2D eigenvalue weighted by Gasteiger charge is 2.26. The number of nitrogens with one attached hydrogen (secondary N) is 1. The highest BCUT2D eigenvalue weighted by Crippen LogP contribution is 2.41. The third kappa shape index (κ3) is 3.58. The molecule has 8 heteroatoms. The van der Waals surface area contributed by atoms with Crippen LogP contribution in [0.25, 0.3) is 11.1 Å². The van der Waals surface area contributed by atoms with Crippen LogP contribution in [-0.2, 0) is 0 Å². The molecule has 3 amide bonds. The standard InChI is InChI=1S/C17H20N4O3S/c1-2-10-24-15-13(11-6-3-4-7-12(11)14(18)22)16(25-20-15)19-17(23)21-8-5-9-21/h3-4,6-7H,2,5,8-10H2,1H3,(H2,18,22)(H,19,23). The van der Waals surface area contributed by atoms with E-state index < -0.39 is 5.91 Å². The molecule has 0 saturated carbocycles. The fraction of sp³-hybridized carbons (Fsp3) is 0.353. The molecule has 1 fully saturated rings. The van der Waals surface area contributed by atoms with Crippen molar-refractivity contribution in [2.45, 2.75) is 19.8 Å². The number of amides is 3. The summed E-state index contributed by atoms with van der Waals surface area (Å²) in [5, 5.41) is 3.44. The van der Waals surface area contributed by atoms with Crippen molar-refractivity contribution in [3.05, 3.63) is 29.8 Å². The van der Waals surface area contributed by atoms with Crippen LogP contribution in [0.5, 0.6) is 5.88 Å². The molecule has 1 aromatic carbocycles. The zero-order valence-electron chi connectivity index (χ0n) is 13.9. The molecule has 0 atom stereocenters. The monoisotopic (exact) mass is 360 g/mol. The third-order valence-corrected chi connectivity index (χ3v) is 4.68. The molecule has 2 heterocycles. The van der Waals surface area contributed by atoms with E-state index in [4.69, 9.17) is 10.5 Å². The molecule has 1 aliphatic heterocycles. The first-order valence-corrected chi connectivity index (χ1v) is 8.96. The van der Waals surface area contributed by atoms with E-state index >= 15 is 0 Å². The Bertz CT molecular complexity index is 786. The van der Waals surface area contributed by atoms with Crippen molar-refractivity contribution in [1.82, 2.24) is 9.27 Å². The second-order valence-corrected chi connectivity index (χ2v) is 6.49. The number of hydrogen-bond acceptors (Lipinski definition) is 5. The first-order valence-electron chi connectivity index (χ1n) is 8.19. The van der Waals surface area contributed by atoms with Gasteiger partial charge in [0, 0.05) is 24.2 Å². The minimum absolute atomic E-state index is 0.172. The Labute approximate surface area is 149 Å². The molecule has 1 saturated heterocycles. The number of rotatable bonds is 6. The normalized spacial score (nSPS) is 13.2. The lowest BCUT2D eigenvalue weighted by Crippen LogP contribution is -2.44. The number of anilines is 1. The minimum atomic E-state index is -0.539. The molecule has 3 N–H and O–H groups in total. The number of aromatic nitrogens is 1. The Morgan fingerprint density at radius 2 is 2.12 bits per heavy atom. The van der Waals surface area contributed by atoms with E-state index in [2.05, 4.69) is 9.69 Å². The van der Waals surface area contributed by atoms with Gasteiger partial charge < -0.3 is 15.4 Å². The van der Waals surface area contributed by atoms with Crippen LogP contribution in [0.3, 0.4) is 0 Å². The summed E-state index contributed by atoms with van der Waals surface area (Å²) in [6, 6.07) is 6.81. The van der Waals surface area contributed by atoms with Gasteiger partial charge >= 0.3 is 6.03 Å². The Hall–Kier alpha value is -2.61. The molecule has 0 bridgehead atoms. The van der Waals surface area contributed by atoms with Gasteiger partial charge in [-0.15, -0.1) is 0 Å². The first-order chi connectivity index (χ1) is 12.1. The van der Waals surface area contributed by atoms with Gasteiger partial charge in [0.25, 0.3) is 0 Å². The predicted octanol–water partition coefficient (Wildman–Crippen LogP) is 2.94. The van der Waals surface area contributed by atoms with Crippen LogP contribution in [0, 0.1) is 0 Å². The lowest BCUT2D eigenvalue weighted by molar-refractivity contribution is 0.100. The maximum Gasteiger partial charge on any atom is 0.322 e. The number of likely N-dealkylation sites (tertiary alicyclic amines) is 1. The summed E-state index contributed by atoms with van der Waals surface area (Å²) >= 11 is 1.14. The van der Waals surface area contributed by atoms with E-state index in [9.17, 15) is 9.59 Å². The second kappa shape index (κ2) is 7.52. The molecule has 132 valence electrons. The van der Waals surface area contributed by atoms with E-state index in [1.54, 1.807) is 23.1 Å². The number of benzene rings is 1. The average molecular weight is 360 g/mol. The number of nitrogens with two attached hydrogens (primary N) is 1. The summed E-state index contributed by atoms with van der Waals surface area (Å²) in [4.78, 5) is 25.8. The van der Waals surface area contributed by atoms with Crippen molar-refractivity contribution in [3.63, 3.8) is 0 Å². The number of primary amides is 1. The van der Waals surface area contributed by atoms with Gasteiger partial charge in [0.2, 0.25) is 11.8 Å². The maximum atomic E-state index is 12.3. The lowest BCUT2D eigenvalue weighted by atomic mass is 10.0. The first kappa shape index (κ1) is 17.2. The van der Waals surface area contributed by atoms with Gasteiger partial charge in [-0.1, -0.05) is 25.1 Å². The minimum Gasteiger partial charge on any atom is -0.477 e. The van der Waals surface area contributed by atoms with Crippen molar-refractivity contribution in [3.8, 4) is 17.0 Å². The van der Waals surface area contributed by atoms with E-state index in [0.717, 1.165) is 37.5 Å². The van der Waals surface area contributed by atoms with Crippen LogP contribution < -0.4 is 15.8 Å². The Kier molecular flexibility index (Phi) is 5.18. The van der Waals surface area contributed by atoms with Gasteiger partial charge in [-0.2, -0.15) is 4.37 Å². The van der Waals surface area contributed by atoms with Crippen LogP contribution in [-0.4, -0.2) is 40.9 Å². The highest BCUT2D eigenvalue weighted by molar-refractivity contribution is 7.11. The highest BCUT2D eigenvalue weighted by atomic mass is 32.1. The zero-order chi connectivity index (χ0) is 17.8. The molecule has 1 aromatic heterocycles. The number of ether oxygens (including phenoxy) is 1. The van der Waals surface area contributed by atoms with Crippen molar-refractivity contribution in [2.75, 3.05) is 25.0 Å². The van der Waals surface area contributed by atoms with Gasteiger partial charge in [-0.25, -0.2) is 4.79 Å². The van der Waals surface area contributed by atoms with Gasteiger partial charge in [-0.05, 0) is 30.4 Å². The van der Waals surface area contributed by atoms with Crippen LogP contribution in [0.4, 0.5) is 9.80 Å². The van der Waals surface area contributed by atoms with Crippen LogP contribution in [0.2, 0.25) is 0 Å². The molecule has 0 unspecified atom stereocenters. The summed E-state index contributed by atoms with van der Waals surface area (Å²) in [5.41, 5.74) is 7.08. The second-order valence-electron chi connectivity index (χ2n) is 5.72. The molecule has 2 aromatic rings. The van der Waals surface area contributed by atoms with Crippen LogP contribution >= 0.6 is 11.5 Å². The molecule has 25 heavy (non-hydrogen) atoms. The van der Waals surface area contributed by atoms with Gasteiger partial charge in [-0.3, -0.25) is 10.1 Å². The van der Waals surface area contributed by atoms with Crippen molar-refractivity contribution in [1.29, 1.82) is 0 Å². The fourth-order valence-corrected chi connectivity index (χ4v) is 3.25. The molecule has 1 aliphatic rings. The molecule has 0 spiro atoms. The number of hydrogen-bond donors (Lipinski definition) is 2. The van der Waals surface area contributed by atoms with E-state index in [0.29, 0.717) is 34.2 Å². The Balaban J connectivity index is 2.01. The van der Waals surface area contributed by atoms with Crippen LogP contribution in [0.1, 0.15) is 30.1 Å². The van der Waals surface area contributed by atoms with Gasteiger partial charge in [0.1, 0.15) is 5.00 Å². The average Bonchev–Trinajstić information content (AvgIpc) is 2.93.